The predicted octanol–water partition coefficient (Wildman–Crippen LogP) is 3.53. The molecule has 0 spiro atoms. The molecule has 0 N–H and O–H groups in total. The summed E-state index contributed by atoms with van der Waals surface area (Å²) >= 11 is 0. The minimum Gasteiger partial charge on any atom is -0.248 e. The molecule has 0 saturated carbocycles. The number of unbranched alkanes of at least 4 members (excludes halogenated alkanes) is 1. The second kappa shape index (κ2) is 9.08. The molecule has 0 aliphatic heterocycles. The van der Waals surface area contributed by atoms with E-state index < -0.39 is 0 Å². The lowest BCUT2D eigenvalue weighted by Gasteiger charge is -2.00. The summed E-state index contributed by atoms with van der Waals surface area (Å²) in [5, 5.41) is 17.0. The average molecular weight is 372 g/mol. The van der Waals surface area contributed by atoms with Gasteiger partial charge in [-0.1, -0.05) is 71.1 Å². The Morgan fingerprint density at radius 1 is 0.571 bits per heavy atom. The molecule has 142 valence electrons. The van der Waals surface area contributed by atoms with Crippen molar-refractivity contribution in [2.75, 3.05) is 0 Å². The summed E-state index contributed by atoms with van der Waals surface area (Å²) in [6, 6.07) is 20.6. The summed E-state index contributed by atoms with van der Waals surface area (Å²) in [5.74, 6) is 0. The molecule has 4 rings (SSSR count). The van der Waals surface area contributed by atoms with E-state index in [0.29, 0.717) is 0 Å². The number of aryl methyl sites for hydroxylation is 2. The van der Waals surface area contributed by atoms with Crippen molar-refractivity contribution < 1.29 is 0 Å². The highest BCUT2D eigenvalue weighted by Crippen LogP contribution is 2.08. The SMILES string of the molecule is c1ccc(Cn2cc(CCCCc3cn(Cc4ccccc4)nn3)nn2)cc1. The predicted molar refractivity (Wildman–Crippen MR) is 108 cm³/mol. The van der Waals surface area contributed by atoms with E-state index in [1.54, 1.807) is 0 Å². The fraction of sp³-hybridized carbons (Fsp3) is 0.273. The van der Waals surface area contributed by atoms with E-state index in [0.717, 1.165) is 50.2 Å². The van der Waals surface area contributed by atoms with E-state index in [4.69, 9.17) is 0 Å². The first-order valence-electron chi connectivity index (χ1n) is 9.71. The number of rotatable bonds is 9. The summed E-state index contributed by atoms with van der Waals surface area (Å²) < 4.78 is 3.81. The van der Waals surface area contributed by atoms with Crippen LogP contribution in [0.25, 0.3) is 0 Å². The fourth-order valence-corrected chi connectivity index (χ4v) is 3.21. The molecule has 28 heavy (non-hydrogen) atoms. The van der Waals surface area contributed by atoms with Crippen LogP contribution >= 0.6 is 0 Å². The van der Waals surface area contributed by atoms with Gasteiger partial charge in [0.1, 0.15) is 0 Å². The van der Waals surface area contributed by atoms with Crippen LogP contribution in [-0.2, 0) is 25.9 Å². The summed E-state index contributed by atoms with van der Waals surface area (Å²) in [6.07, 6.45) is 8.09. The van der Waals surface area contributed by atoms with Crippen LogP contribution in [0.15, 0.2) is 73.1 Å². The van der Waals surface area contributed by atoms with Crippen molar-refractivity contribution in [2.45, 2.75) is 38.8 Å². The zero-order chi connectivity index (χ0) is 19.0. The largest absolute Gasteiger partial charge is 0.248 e. The van der Waals surface area contributed by atoms with Crippen molar-refractivity contribution in [1.29, 1.82) is 0 Å². The van der Waals surface area contributed by atoms with E-state index in [1.165, 1.54) is 11.1 Å². The molecule has 0 aliphatic rings. The van der Waals surface area contributed by atoms with Crippen LogP contribution in [0.4, 0.5) is 0 Å². The van der Waals surface area contributed by atoms with Crippen LogP contribution in [0.1, 0.15) is 35.4 Å². The smallest absolute Gasteiger partial charge is 0.0827 e. The second-order valence-corrected chi connectivity index (χ2v) is 6.99. The van der Waals surface area contributed by atoms with Gasteiger partial charge in [0.2, 0.25) is 0 Å². The highest BCUT2D eigenvalue weighted by molar-refractivity contribution is 5.15. The molecule has 0 amide bonds. The Balaban J connectivity index is 1.20. The van der Waals surface area contributed by atoms with Crippen molar-refractivity contribution in [1.82, 2.24) is 30.0 Å². The number of benzene rings is 2. The van der Waals surface area contributed by atoms with E-state index in [-0.39, 0.29) is 0 Å². The third-order valence-electron chi connectivity index (χ3n) is 4.66. The molecule has 0 fully saturated rings. The maximum atomic E-state index is 4.29. The molecule has 2 aromatic heterocycles. The molecule has 2 heterocycles. The Morgan fingerprint density at radius 3 is 1.43 bits per heavy atom. The molecule has 0 saturated heterocycles. The van der Waals surface area contributed by atoms with Gasteiger partial charge in [-0.05, 0) is 36.8 Å². The first kappa shape index (κ1) is 18.1. The lowest BCUT2D eigenvalue weighted by atomic mass is 10.1. The van der Waals surface area contributed by atoms with Gasteiger partial charge < -0.3 is 0 Å². The Hall–Kier alpha value is -3.28. The molecule has 6 nitrogen and oxygen atoms in total. The van der Waals surface area contributed by atoms with Crippen LogP contribution in [0.2, 0.25) is 0 Å². The van der Waals surface area contributed by atoms with Gasteiger partial charge in [-0.25, -0.2) is 9.36 Å². The third-order valence-corrected chi connectivity index (χ3v) is 4.66. The highest BCUT2D eigenvalue weighted by atomic mass is 15.4. The Labute approximate surface area is 164 Å². The second-order valence-electron chi connectivity index (χ2n) is 6.99. The van der Waals surface area contributed by atoms with Gasteiger partial charge in [0.25, 0.3) is 0 Å². The Kier molecular flexibility index (Phi) is 5.87. The zero-order valence-electron chi connectivity index (χ0n) is 15.9. The van der Waals surface area contributed by atoms with E-state index in [1.807, 2.05) is 58.2 Å². The minimum absolute atomic E-state index is 0.762. The van der Waals surface area contributed by atoms with Crippen LogP contribution in [-0.4, -0.2) is 30.0 Å². The maximum Gasteiger partial charge on any atom is 0.0827 e. The zero-order valence-corrected chi connectivity index (χ0v) is 15.9. The van der Waals surface area contributed by atoms with Crippen molar-refractivity contribution in [3.8, 4) is 0 Å². The molecule has 0 atom stereocenters. The first-order valence-corrected chi connectivity index (χ1v) is 9.71. The van der Waals surface area contributed by atoms with Gasteiger partial charge in [-0.3, -0.25) is 0 Å². The average Bonchev–Trinajstić information content (AvgIpc) is 3.36. The van der Waals surface area contributed by atoms with E-state index >= 15 is 0 Å². The molecule has 2 aromatic carbocycles. The van der Waals surface area contributed by atoms with Crippen molar-refractivity contribution in [3.63, 3.8) is 0 Å². The minimum atomic E-state index is 0.762. The molecule has 6 heteroatoms. The molecule has 0 unspecified atom stereocenters. The van der Waals surface area contributed by atoms with Gasteiger partial charge in [-0.15, -0.1) is 10.2 Å². The van der Waals surface area contributed by atoms with Gasteiger partial charge >= 0.3 is 0 Å². The summed E-state index contributed by atoms with van der Waals surface area (Å²) in [5.41, 5.74) is 4.56. The molecule has 4 aromatic rings. The number of nitrogens with zero attached hydrogens (tertiary/aromatic N) is 6. The molecule has 0 aliphatic carbocycles. The Morgan fingerprint density at radius 2 is 1.00 bits per heavy atom. The van der Waals surface area contributed by atoms with Gasteiger partial charge in [0.15, 0.2) is 0 Å². The van der Waals surface area contributed by atoms with Gasteiger partial charge in [0.05, 0.1) is 24.5 Å². The number of hydrogen-bond donors (Lipinski definition) is 0. The summed E-state index contributed by atoms with van der Waals surface area (Å²) in [6.45, 7) is 1.52. The normalized spacial score (nSPS) is 11.0. The number of aromatic nitrogens is 6. The van der Waals surface area contributed by atoms with Crippen molar-refractivity contribution in [3.05, 3.63) is 95.6 Å². The molecule has 0 radical (unpaired) electrons. The van der Waals surface area contributed by atoms with Gasteiger partial charge in [-0.2, -0.15) is 0 Å². The van der Waals surface area contributed by atoms with Crippen LogP contribution in [0.5, 0.6) is 0 Å². The monoisotopic (exact) mass is 372 g/mol. The highest BCUT2D eigenvalue weighted by Gasteiger charge is 2.04. The maximum absolute atomic E-state index is 4.29. The van der Waals surface area contributed by atoms with Gasteiger partial charge in [0, 0.05) is 12.4 Å². The van der Waals surface area contributed by atoms with Crippen LogP contribution < -0.4 is 0 Å². The summed E-state index contributed by atoms with van der Waals surface area (Å²) in [7, 11) is 0. The third kappa shape index (κ3) is 5.13. The van der Waals surface area contributed by atoms with Crippen molar-refractivity contribution >= 4 is 0 Å². The lowest BCUT2D eigenvalue weighted by molar-refractivity contribution is 0.647. The van der Waals surface area contributed by atoms with E-state index in [9.17, 15) is 0 Å². The lowest BCUT2D eigenvalue weighted by Crippen LogP contribution is -1.99. The quantitative estimate of drug-likeness (QED) is 0.422. The number of hydrogen-bond acceptors (Lipinski definition) is 4. The molecule has 0 bridgehead atoms. The first-order chi connectivity index (χ1) is 13.8. The topological polar surface area (TPSA) is 61.4 Å². The molecular weight excluding hydrogens is 348 g/mol. The molecular formula is C22H24N6. The van der Waals surface area contributed by atoms with Crippen LogP contribution in [0, 0.1) is 0 Å². The fourth-order valence-electron chi connectivity index (χ4n) is 3.21. The standard InChI is InChI=1S/C22H24N6/c1-3-9-19(10-4-1)15-27-17-21(23-25-27)13-7-8-14-22-18-28(26-24-22)16-20-11-5-2-6-12-20/h1-6,9-12,17-18H,7-8,13-16H2. The van der Waals surface area contributed by atoms with E-state index in [2.05, 4.69) is 44.9 Å². The van der Waals surface area contributed by atoms with Crippen LogP contribution in [0.3, 0.4) is 0 Å². The Bertz CT molecular complexity index is 893. The summed E-state index contributed by atoms with van der Waals surface area (Å²) in [4.78, 5) is 0. The van der Waals surface area contributed by atoms with Crippen molar-refractivity contribution in [2.24, 2.45) is 0 Å².